The quantitative estimate of drug-likeness (QED) is 0.597. The Hall–Kier alpha value is -3.34. The molecule has 1 atom stereocenters. The van der Waals surface area contributed by atoms with Gasteiger partial charge in [-0.05, 0) is 30.9 Å². The van der Waals surface area contributed by atoms with Gasteiger partial charge in [0.1, 0.15) is 23.5 Å². The molecule has 4 N–H and O–H groups in total. The first-order valence-electron chi connectivity index (χ1n) is 9.22. The van der Waals surface area contributed by atoms with Crippen LogP contribution in [-0.2, 0) is 16.0 Å². The first-order chi connectivity index (χ1) is 13.3. The number of para-hydroxylation sites is 1. The highest BCUT2D eigenvalue weighted by Gasteiger charge is 2.22. The van der Waals surface area contributed by atoms with Crippen LogP contribution < -0.4 is 16.4 Å². The number of nitrogen functional groups attached to an aromatic ring is 1. The van der Waals surface area contributed by atoms with Crippen molar-refractivity contribution in [1.82, 2.24) is 20.4 Å². The predicted molar refractivity (Wildman–Crippen MR) is 106 cm³/mol. The summed E-state index contributed by atoms with van der Waals surface area (Å²) in [5.74, 6) is -0.178. The van der Waals surface area contributed by atoms with E-state index in [1.165, 1.54) is 6.92 Å². The Kier molecular flexibility index (Phi) is 7.15. The standard InChI is InChI=1S/C20H26N6O2/c1-13(2)18(24-14(3)27)20(28)23-11-7-10-17-16(12-21)19(22)26(25-17)15-8-5-4-6-9-15/h4-6,8-9,13,18H,7,10-11,22H2,1-3H3,(H,23,28)(H,24,27). The number of nitrogens with zero attached hydrogens (tertiary/aromatic N) is 3. The first kappa shape index (κ1) is 21.0. The number of amides is 2. The number of hydrogen-bond donors (Lipinski definition) is 3. The Balaban J connectivity index is 1.99. The number of aryl methyl sites for hydroxylation is 1. The van der Waals surface area contributed by atoms with E-state index in [0.29, 0.717) is 36.5 Å². The molecule has 0 aliphatic carbocycles. The minimum atomic E-state index is -0.569. The Morgan fingerprint density at radius 1 is 1.29 bits per heavy atom. The van der Waals surface area contributed by atoms with Gasteiger partial charge in [-0.1, -0.05) is 32.0 Å². The van der Waals surface area contributed by atoms with Gasteiger partial charge in [0.15, 0.2) is 0 Å². The van der Waals surface area contributed by atoms with Gasteiger partial charge in [-0.25, -0.2) is 4.68 Å². The maximum absolute atomic E-state index is 12.3. The molecule has 0 aliphatic rings. The van der Waals surface area contributed by atoms with Gasteiger partial charge in [0.2, 0.25) is 11.8 Å². The van der Waals surface area contributed by atoms with E-state index >= 15 is 0 Å². The molecular formula is C20H26N6O2. The Morgan fingerprint density at radius 3 is 2.54 bits per heavy atom. The molecule has 28 heavy (non-hydrogen) atoms. The van der Waals surface area contributed by atoms with Crippen LogP contribution in [0, 0.1) is 17.2 Å². The second kappa shape index (κ2) is 9.55. The molecule has 2 amide bonds. The van der Waals surface area contributed by atoms with E-state index in [9.17, 15) is 14.9 Å². The van der Waals surface area contributed by atoms with Crippen LogP contribution in [0.15, 0.2) is 30.3 Å². The van der Waals surface area contributed by atoms with Crippen molar-refractivity contribution in [2.75, 3.05) is 12.3 Å². The van der Waals surface area contributed by atoms with Gasteiger partial charge in [0.25, 0.3) is 0 Å². The Bertz CT molecular complexity index is 867. The molecule has 8 heteroatoms. The zero-order valence-corrected chi connectivity index (χ0v) is 16.4. The molecule has 0 saturated heterocycles. The molecule has 1 heterocycles. The van der Waals surface area contributed by atoms with Gasteiger partial charge < -0.3 is 16.4 Å². The van der Waals surface area contributed by atoms with Crippen molar-refractivity contribution >= 4 is 17.6 Å². The van der Waals surface area contributed by atoms with Crippen molar-refractivity contribution in [1.29, 1.82) is 5.26 Å². The topological polar surface area (TPSA) is 126 Å². The second-order valence-corrected chi connectivity index (χ2v) is 6.88. The highest BCUT2D eigenvalue weighted by molar-refractivity contribution is 5.87. The normalized spacial score (nSPS) is 11.7. The SMILES string of the molecule is CC(=O)NC(C(=O)NCCCc1nn(-c2ccccc2)c(N)c1C#N)C(C)C. The number of nitrogens with one attached hydrogen (secondary N) is 2. The average molecular weight is 382 g/mol. The van der Waals surface area contributed by atoms with Gasteiger partial charge >= 0.3 is 0 Å². The van der Waals surface area contributed by atoms with Gasteiger partial charge in [-0.15, -0.1) is 0 Å². The summed E-state index contributed by atoms with van der Waals surface area (Å²) in [6.07, 6.45) is 1.09. The summed E-state index contributed by atoms with van der Waals surface area (Å²) < 4.78 is 1.55. The number of hydrogen-bond acceptors (Lipinski definition) is 5. The Morgan fingerprint density at radius 2 is 1.96 bits per heavy atom. The minimum Gasteiger partial charge on any atom is -0.382 e. The van der Waals surface area contributed by atoms with Crippen molar-refractivity contribution < 1.29 is 9.59 Å². The molecule has 2 rings (SSSR count). The van der Waals surface area contributed by atoms with Gasteiger partial charge in [0.05, 0.1) is 11.4 Å². The number of carbonyl (C=O) groups excluding carboxylic acids is 2. The highest BCUT2D eigenvalue weighted by atomic mass is 16.2. The van der Waals surface area contributed by atoms with Crippen LogP contribution in [0.4, 0.5) is 5.82 Å². The van der Waals surface area contributed by atoms with Crippen LogP contribution in [0.3, 0.4) is 0 Å². The number of nitriles is 1. The third-order valence-corrected chi connectivity index (χ3v) is 4.30. The van der Waals surface area contributed by atoms with Crippen molar-refractivity contribution in [3.05, 3.63) is 41.6 Å². The minimum absolute atomic E-state index is 0.0181. The molecule has 0 aliphatic heterocycles. The summed E-state index contributed by atoms with van der Waals surface area (Å²) >= 11 is 0. The fraction of sp³-hybridized carbons (Fsp3) is 0.400. The number of benzene rings is 1. The van der Waals surface area contributed by atoms with Gasteiger partial charge in [-0.3, -0.25) is 9.59 Å². The van der Waals surface area contributed by atoms with Crippen LogP contribution in [-0.4, -0.2) is 34.2 Å². The van der Waals surface area contributed by atoms with Crippen molar-refractivity contribution in [2.24, 2.45) is 5.92 Å². The zero-order valence-electron chi connectivity index (χ0n) is 16.4. The molecule has 0 bridgehead atoms. The zero-order chi connectivity index (χ0) is 20.7. The van der Waals surface area contributed by atoms with E-state index in [4.69, 9.17) is 5.73 Å². The third kappa shape index (κ3) is 5.10. The van der Waals surface area contributed by atoms with Gasteiger partial charge in [0, 0.05) is 13.5 Å². The first-order valence-corrected chi connectivity index (χ1v) is 9.22. The Labute approximate surface area is 164 Å². The monoisotopic (exact) mass is 382 g/mol. The number of anilines is 1. The van der Waals surface area contributed by atoms with Crippen molar-refractivity contribution in [3.63, 3.8) is 0 Å². The molecule has 0 radical (unpaired) electrons. The molecule has 8 nitrogen and oxygen atoms in total. The maximum Gasteiger partial charge on any atom is 0.242 e. The van der Waals surface area contributed by atoms with Gasteiger partial charge in [-0.2, -0.15) is 10.4 Å². The summed E-state index contributed by atoms with van der Waals surface area (Å²) in [5, 5.41) is 19.4. The smallest absolute Gasteiger partial charge is 0.242 e. The molecule has 0 fully saturated rings. The number of nitrogens with two attached hydrogens (primary N) is 1. The lowest BCUT2D eigenvalue weighted by molar-refractivity contribution is -0.129. The van der Waals surface area contributed by atoms with E-state index in [2.05, 4.69) is 21.8 Å². The number of rotatable bonds is 8. The van der Waals surface area contributed by atoms with Crippen LogP contribution >= 0.6 is 0 Å². The van der Waals surface area contributed by atoms with Crippen molar-refractivity contribution in [3.8, 4) is 11.8 Å². The van der Waals surface area contributed by atoms with Crippen LogP contribution in [0.1, 0.15) is 38.4 Å². The highest BCUT2D eigenvalue weighted by Crippen LogP contribution is 2.21. The van der Waals surface area contributed by atoms with Crippen LogP contribution in [0.25, 0.3) is 5.69 Å². The third-order valence-electron chi connectivity index (χ3n) is 4.30. The van der Waals surface area contributed by atoms with E-state index in [1.807, 2.05) is 44.2 Å². The average Bonchev–Trinajstić information content (AvgIpc) is 2.98. The summed E-state index contributed by atoms with van der Waals surface area (Å²) in [4.78, 5) is 23.5. The summed E-state index contributed by atoms with van der Waals surface area (Å²) in [5.41, 5.74) is 7.82. The lowest BCUT2D eigenvalue weighted by Gasteiger charge is -2.20. The van der Waals surface area contributed by atoms with E-state index < -0.39 is 6.04 Å². The summed E-state index contributed by atoms with van der Waals surface area (Å²) in [6, 6.07) is 10.9. The largest absolute Gasteiger partial charge is 0.382 e. The molecule has 2 aromatic rings. The predicted octanol–water partition coefficient (Wildman–Crippen LogP) is 1.54. The molecular weight excluding hydrogens is 356 g/mol. The molecule has 1 aromatic carbocycles. The summed E-state index contributed by atoms with van der Waals surface area (Å²) in [6.45, 7) is 5.54. The lowest BCUT2D eigenvalue weighted by Crippen LogP contribution is -2.49. The lowest BCUT2D eigenvalue weighted by atomic mass is 10.0. The van der Waals surface area contributed by atoms with Crippen LogP contribution in [0.5, 0.6) is 0 Å². The number of carbonyl (C=O) groups is 2. The fourth-order valence-corrected chi connectivity index (χ4v) is 2.87. The number of aromatic nitrogens is 2. The molecule has 0 saturated carbocycles. The van der Waals surface area contributed by atoms with Crippen molar-refractivity contribution in [2.45, 2.75) is 39.7 Å². The van der Waals surface area contributed by atoms with Crippen LogP contribution in [0.2, 0.25) is 0 Å². The molecule has 148 valence electrons. The summed E-state index contributed by atoms with van der Waals surface area (Å²) in [7, 11) is 0. The molecule has 1 unspecified atom stereocenters. The van der Waals surface area contributed by atoms with E-state index in [1.54, 1.807) is 4.68 Å². The molecule has 1 aromatic heterocycles. The maximum atomic E-state index is 12.3. The second-order valence-electron chi connectivity index (χ2n) is 6.88. The molecule has 0 spiro atoms. The van der Waals surface area contributed by atoms with E-state index in [-0.39, 0.29) is 17.7 Å². The fourth-order valence-electron chi connectivity index (χ4n) is 2.87. The van der Waals surface area contributed by atoms with E-state index in [0.717, 1.165) is 5.69 Å².